The van der Waals surface area contributed by atoms with E-state index in [-0.39, 0.29) is 18.4 Å². The molecule has 0 aromatic heterocycles. The molecule has 0 radical (unpaired) electrons. The lowest BCUT2D eigenvalue weighted by Gasteiger charge is -2.58. The smallest absolute Gasteiger partial charge is 0.312 e. The number of rotatable bonds is 5. The first kappa shape index (κ1) is 16.6. The molecule has 5 nitrogen and oxygen atoms in total. The van der Waals surface area contributed by atoms with Crippen LogP contribution < -0.4 is 4.74 Å². The lowest BCUT2D eigenvalue weighted by atomic mass is 9.48. The number of carbonyl (C=O) groups excluding carboxylic acids is 2. The summed E-state index contributed by atoms with van der Waals surface area (Å²) < 4.78 is 10.5. The Hall–Kier alpha value is -1.88. The summed E-state index contributed by atoms with van der Waals surface area (Å²) in [5, 5.41) is 10.7. The zero-order valence-electron chi connectivity index (χ0n) is 14.5. The van der Waals surface area contributed by atoms with E-state index in [2.05, 4.69) is 0 Å². The summed E-state index contributed by atoms with van der Waals surface area (Å²) in [5.41, 5.74) is -0.792. The Bertz CT molecular complexity index is 679. The van der Waals surface area contributed by atoms with Crippen molar-refractivity contribution in [2.75, 3.05) is 13.7 Å². The number of hydrogen-bond donors (Lipinski definition) is 1. The number of hydrogen-bond acceptors (Lipinski definition) is 5. The molecular formula is C20H24O5. The Morgan fingerprint density at radius 3 is 2.32 bits per heavy atom. The maximum Gasteiger partial charge on any atom is 0.312 e. The number of methoxy groups -OCH3 is 1. The standard InChI is InChI=1S/C20H24O5/c1-24-16-4-2-15(3-5-16)17(21)11-25-18(22)19-7-13-6-14(8-19)10-20(23,9-13)12-19/h2-5,13-14,23H,6-12H2,1H3/t13-,14+,19?,20?. The number of benzene rings is 1. The SMILES string of the molecule is COc1ccc(C(=O)COC(=O)C23C[C@@H]4C[C@@H](CC(O)(C4)C2)C3)cc1. The summed E-state index contributed by atoms with van der Waals surface area (Å²) in [5.74, 6) is 0.976. The van der Waals surface area contributed by atoms with Crippen LogP contribution in [0, 0.1) is 17.3 Å². The van der Waals surface area contributed by atoms with E-state index in [4.69, 9.17) is 9.47 Å². The van der Waals surface area contributed by atoms with Crippen LogP contribution in [0.15, 0.2) is 24.3 Å². The van der Waals surface area contributed by atoms with Gasteiger partial charge in [0.05, 0.1) is 18.1 Å². The van der Waals surface area contributed by atoms with E-state index in [9.17, 15) is 14.7 Å². The van der Waals surface area contributed by atoms with E-state index < -0.39 is 11.0 Å². The summed E-state index contributed by atoms with van der Waals surface area (Å²) in [6, 6.07) is 6.76. The Kier molecular flexibility index (Phi) is 3.87. The molecule has 1 N–H and O–H groups in total. The van der Waals surface area contributed by atoms with Crippen molar-refractivity contribution >= 4 is 11.8 Å². The molecule has 4 saturated carbocycles. The molecule has 0 saturated heterocycles. The summed E-state index contributed by atoms with van der Waals surface area (Å²) in [6.07, 6.45) is 4.81. The molecule has 1 aromatic carbocycles. The highest BCUT2D eigenvalue weighted by atomic mass is 16.5. The first-order valence-electron chi connectivity index (χ1n) is 8.98. The van der Waals surface area contributed by atoms with Crippen molar-refractivity contribution in [1.29, 1.82) is 0 Å². The zero-order valence-corrected chi connectivity index (χ0v) is 14.5. The van der Waals surface area contributed by atoms with Crippen molar-refractivity contribution in [3.05, 3.63) is 29.8 Å². The molecule has 0 spiro atoms. The Morgan fingerprint density at radius 2 is 1.76 bits per heavy atom. The van der Waals surface area contributed by atoms with Gasteiger partial charge in [0.2, 0.25) is 0 Å². The Morgan fingerprint density at radius 1 is 1.12 bits per heavy atom. The number of ether oxygens (including phenoxy) is 2. The van der Waals surface area contributed by atoms with Gasteiger partial charge in [-0.05, 0) is 74.6 Å². The van der Waals surface area contributed by atoms with E-state index in [1.54, 1.807) is 31.4 Å². The number of Topliss-reactive ketones (excluding diaryl/α,β-unsaturated/α-hetero) is 1. The maximum atomic E-state index is 12.8. The van der Waals surface area contributed by atoms with E-state index in [1.165, 1.54) is 0 Å². The van der Waals surface area contributed by atoms with Gasteiger partial charge in [-0.15, -0.1) is 0 Å². The zero-order chi connectivity index (χ0) is 17.7. The first-order chi connectivity index (χ1) is 11.9. The number of esters is 1. The summed E-state index contributed by atoms with van der Waals surface area (Å²) in [6.45, 7) is -0.249. The third-order valence-corrected chi connectivity index (χ3v) is 6.21. The molecule has 0 amide bonds. The molecule has 0 aliphatic heterocycles. The third-order valence-electron chi connectivity index (χ3n) is 6.21. The average Bonchev–Trinajstić information content (AvgIpc) is 2.57. The van der Waals surface area contributed by atoms with Crippen LogP contribution in [0.3, 0.4) is 0 Å². The van der Waals surface area contributed by atoms with Crippen LogP contribution in [0.4, 0.5) is 0 Å². The monoisotopic (exact) mass is 344 g/mol. The molecule has 134 valence electrons. The van der Waals surface area contributed by atoms with Crippen molar-refractivity contribution < 1.29 is 24.2 Å². The fourth-order valence-corrected chi connectivity index (χ4v) is 5.60. The molecule has 4 bridgehead atoms. The van der Waals surface area contributed by atoms with Gasteiger partial charge in [0.25, 0.3) is 0 Å². The molecule has 5 heteroatoms. The second kappa shape index (κ2) is 5.84. The molecule has 4 aliphatic carbocycles. The van der Waals surface area contributed by atoms with Gasteiger partial charge in [0.15, 0.2) is 12.4 Å². The summed E-state index contributed by atoms with van der Waals surface area (Å²) in [7, 11) is 1.57. The molecule has 4 atom stereocenters. The highest BCUT2D eigenvalue weighted by Crippen LogP contribution is 2.61. The first-order valence-corrected chi connectivity index (χ1v) is 8.98. The highest BCUT2D eigenvalue weighted by Gasteiger charge is 2.60. The second-order valence-electron chi connectivity index (χ2n) is 8.19. The summed E-state index contributed by atoms with van der Waals surface area (Å²) in [4.78, 5) is 25.0. The van der Waals surface area contributed by atoms with Gasteiger partial charge in [-0.1, -0.05) is 0 Å². The molecule has 1 aromatic rings. The topological polar surface area (TPSA) is 72.8 Å². The number of carbonyl (C=O) groups is 2. The minimum atomic E-state index is -0.705. The molecule has 4 aliphatic rings. The number of aliphatic hydroxyl groups is 1. The lowest BCUT2D eigenvalue weighted by molar-refractivity contribution is -0.195. The van der Waals surface area contributed by atoms with Crippen LogP contribution in [0.2, 0.25) is 0 Å². The van der Waals surface area contributed by atoms with E-state index in [0.29, 0.717) is 29.6 Å². The van der Waals surface area contributed by atoms with Gasteiger partial charge in [-0.2, -0.15) is 0 Å². The predicted octanol–water partition coefficient (Wildman–Crippen LogP) is 2.75. The van der Waals surface area contributed by atoms with Gasteiger partial charge < -0.3 is 14.6 Å². The van der Waals surface area contributed by atoms with Gasteiger partial charge in [0.1, 0.15) is 5.75 Å². The fraction of sp³-hybridized carbons (Fsp3) is 0.600. The van der Waals surface area contributed by atoms with Crippen molar-refractivity contribution in [3.8, 4) is 5.75 Å². The van der Waals surface area contributed by atoms with Crippen LogP contribution in [0.25, 0.3) is 0 Å². The largest absolute Gasteiger partial charge is 0.497 e. The van der Waals surface area contributed by atoms with Gasteiger partial charge >= 0.3 is 5.97 Å². The Balaban J connectivity index is 1.41. The normalized spacial score (nSPS) is 35.4. The molecular weight excluding hydrogens is 320 g/mol. The van der Waals surface area contributed by atoms with E-state index in [1.807, 2.05) is 0 Å². The summed E-state index contributed by atoms with van der Waals surface area (Å²) >= 11 is 0. The minimum absolute atomic E-state index is 0.223. The average molecular weight is 344 g/mol. The van der Waals surface area contributed by atoms with Gasteiger partial charge in [0, 0.05) is 5.56 Å². The number of ketones is 1. The van der Waals surface area contributed by atoms with Crippen molar-refractivity contribution in [2.24, 2.45) is 17.3 Å². The highest BCUT2D eigenvalue weighted by molar-refractivity contribution is 5.98. The Labute approximate surface area is 147 Å². The van der Waals surface area contributed by atoms with Crippen molar-refractivity contribution in [3.63, 3.8) is 0 Å². The molecule has 5 rings (SSSR count). The predicted molar refractivity (Wildman–Crippen MR) is 90.3 cm³/mol. The van der Waals surface area contributed by atoms with Crippen LogP contribution in [-0.2, 0) is 9.53 Å². The maximum absolute atomic E-state index is 12.8. The second-order valence-corrected chi connectivity index (χ2v) is 8.19. The van der Waals surface area contributed by atoms with Crippen molar-refractivity contribution in [1.82, 2.24) is 0 Å². The molecule has 0 heterocycles. The third kappa shape index (κ3) is 2.95. The quantitative estimate of drug-likeness (QED) is 0.657. The minimum Gasteiger partial charge on any atom is -0.497 e. The van der Waals surface area contributed by atoms with E-state index in [0.717, 1.165) is 32.1 Å². The molecule has 25 heavy (non-hydrogen) atoms. The van der Waals surface area contributed by atoms with E-state index >= 15 is 0 Å². The van der Waals surface area contributed by atoms with Crippen LogP contribution in [0.5, 0.6) is 5.75 Å². The lowest BCUT2D eigenvalue weighted by Crippen LogP contribution is -2.58. The van der Waals surface area contributed by atoms with Gasteiger partial charge in [-0.25, -0.2) is 0 Å². The van der Waals surface area contributed by atoms with Gasteiger partial charge in [-0.3, -0.25) is 9.59 Å². The van der Waals surface area contributed by atoms with Crippen molar-refractivity contribution in [2.45, 2.75) is 44.1 Å². The molecule has 4 fully saturated rings. The van der Waals surface area contributed by atoms with Crippen LogP contribution in [-0.4, -0.2) is 36.2 Å². The van der Waals surface area contributed by atoms with Crippen LogP contribution >= 0.6 is 0 Å². The fourth-order valence-electron chi connectivity index (χ4n) is 5.60. The molecule has 2 unspecified atom stereocenters. The van der Waals surface area contributed by atoms with Crippen LogP contribution in [0.1, 0.15) is 48.9 Å².